The quantitative estimate of drug-likeness (QED) is 0.199. The van der Waals surface area contributed by atoms with Gasteiger partial charge in [-0.3, -0.25) is 0 Å². The van der Waals surface area contributed by atoms with Crippen LogP contribution in [0.15, 0.2) is 0 Å². The minimum Gasteiger partial charge on any atom is -0.367 e. The fraction of sp³-hybridized carbons (Fsp3) is 0. The first-order valence-corrected chi connectivity index (χ1v) is 2.72. The second-order valence-corrected chi connectivity index (χ2v) is 1.04. The molecule has 0 spiro atoms. The average Bonchev–Trinajstić information content (AvgIpc) is 2.21. The maximum atomic E-state index is 7.45. The molecule has 0 atom stereocenters. The highest BCUT2D eigenvalue weighted by molar-refractivity contribution is 5.97. The van der Waals surface area contributed by atoms with Gasteiger partial charge in [0.1, 0.15) is 0 Å². The molecule has 14 heavy (non-hydrogen) atoms. The Bertz CT molecular complexity index is 79.2. The van der Waals surface area contributed by atoms with Crippen molar-refractivity contribution in [1.82, 2.24) is 0 Å². The second-order valence-electron chi connectivity index (χ2n) is 0.851. The summed E-state index contributed by atoms with van der Waals surface area (Å²) in [6, 6.07) is 0. The fourth-order valence-corrected chi connectivity index (χ4v) is 0.151. The zero-order chi connectivity index (χ0) is 10.5. The van der Waals surface area contributed by atoms with Gasteiger partial charge in [0.2, 0.25) is 0 Å². The third-order valence-corrected chi connectivity index (χ3v) is 0.398. The summed E-state index contributed by atoms with van der Waals surface area (Å²) >= 11 is 1.65. The van der Waals surface area contributed by atoms with Crippen molar-refractivity contribution in [2.24, 2.45) is 0 Å². The van der Waals surface area contributed by atoms with Crippen LogP contribution in [0.5, 0.6) is 0 Å². The molecular formula is HAlO13. The van der Waals surface area contributed by atoms with E-state index >= 15 is 0 Å². The summed E-state index contributed by atoms with van der Waals surface area (Å²) in [5.74, 6) is 0. The van der Waals surface area contributed by atoms with Crippen molar-refractivity contribution in [2.75, 3.05) is 0 Å². The zero-order valence-corrected chi connectivity index (χ0v) is 7.08. The van der Waals surface area contributed by atoms with Crippen LogP contribution in [0.1, 0.15) is 0 Å². The number of hydrogen-bond acceptors (Lipinski definition) is 13. The zero-order valence-electron chi connectivity index (χ0n) is 5.92. The molecular weight excluding hydrogens is 235 g/mol. The van der Waals surface area contributed by atoms with Crippen LogP contribution < -0.4 is 0 Å². The molecule has 0 unspecified atom stereocenters. The number of rotatable bonds is 11. The van der Waals surface area contributed by atoms with Gasteiger partial charge in [-0.2, -0.15) is 0 Å². The van der Waals surface area contributed by atoms with Crippen LogP contribution in [0, 0.1) is 0 Å². The molecule has 1 N–H and O–H groups in total. The van der Waals surface area contributed by atoms with Crippen LogP contribution in [0.3, 0.4) is 0 Å². The molecule has 0 aliphatic carbocycles. The maximum Gasteiger partial charge on any atom is 0.441 e. The molecule has 0 saturated heterocycles. The van der Waals surface area contributed by atoms with Crippen LogP contribution in [-0.4, -0.2) is 21.9 Å². The molecule has 13 nitrogen and oxygen atoms in total. The van der Waals surface area contributed by atoms with Crippen molar-refractivity contribution in [2.45, 2.75) is 0 Å². The Morgan fingerprint density at radius 3 is 1.29 bits per heavy atom. The Morgan fingerprint density at radius 1 is 0.571 bits per heavy atom. The molecule has 0 aliphatic heterocycles. The van der Waals surface area contributed by atoms with E-state index in [1.807, 2.05) is 0 Å². The second kappa shape index (κ2) is 13.0. The van der Waals surface area contributed by atoms with E-state index in [1.54, 1.807) is 16.6 Å². The summed E-state index contributed by atoms with van der Waals surface area (Å²) in [7, 11) is 0. The first kappa shape index (κ1) is 14.0. The van der Waals surface area contributed by atoms with E-state index in [4.69, 9.17) is 5.26 Å². The van der Waals surface area contributed by atoms with Crippen LogP contribution in [0.2, 0.25) is 0 Å². The lowest BCUT2D eigenvalue weighted by molar-refractivity contribution is -0.867. The Kier molecular flexibility index (Phi) is 13.0. The minimum absolute atomic E-state index is 1.65. The first-order chi connectivity index (χ1) is 6.91. The lowest BCUT2D eigenvalue weighted by atomic mass is 14.0. The molecule has 0 bridgehead atoms. The maximum absolute atomic E-state index is 7.45. The highest BCUT2D eigenvalue weighted by Gasteiger charge is 1.96. The van der Waals surface area contributed by atoms with E-state index in [0.29, 0.717) is 0 Å². The summed E-state index contributed by atoms with van der Waals surface area (Å²) in [6.07, 6.45) is 0. The molecule has 0 aromatic rings. The molecule has 82 valence electrons. The van der Waals surface area contributed by atoms with Gasteiger partial charge in [0.15, 0.2) is 0 Å². The van der Waals surface area contributed by atoms with Gasteiger partial charge in [0.25, 0.3) is 0 Å². The molecule has 0 rings (SSSR count). The van der Waals surface area contributed by atoms with E-state index in [0.717, 1.165) is 0 Å². The Hall–Kier alpha value is 0.0125. The summed E-state index contributed by atoms with van der Waals surface area (Å²) in [6.45, 7) is 0. The molecule has 14 heteroatoms. The van der Waals surface area contributed by atoms with Crippen molar-refractivity contribution in [3.05, 3.63) is 0 Å². The highest BCUT2D eigenvalue weighted by atomic mass is 27.1. The Balaban J connectivity index is 2.78. The van der Waals surface area contributed by atoms with E-state index in [-0.39, 0.29) is 0 Å². The normalized spacial score (nSPS) is 10.6. The van der Waals surface area contributed by atoms with E-state index in [9.17, 15) is 0 Å². The Morgan fingerprint density at radius 2 is 0.929 bits per heavy atom. The van der Waals surface area contributed by atoms with Gasteiger partial charge in [0, 0.05) is 0 Å². The average molecular weight is 236 g/mol. The van der Waals surface area contributed by atoms with Gasteiger partial charge < -0.3 is 3.94 Å². The molecule has 2 radical (unpaired) electrons. The van der Waals surface area contributed by atoms with Gasteiger partial charge >= 0.3 is 16.6 Å². The van der Waals surface area contributed by atoms with Crippen molar-refractivity contribution in [3.8, 4) is 0 Å². The smallest absolute Gasteiger partial charge is 0.367 e. The van der Waals surface area contributed by atoms with Crippen LogP contribution in [0.25, 0.3) is 0 Å². The predicted molar refractivity (Wildman–Crippen MR) is 21.4 cm³/mol. The fourth-order valence-electron chi connectivity index (χ4n) is 0.119. The van der Waals surface area contributed by atoms with Gasteiger partial charge in [-0.25, -0.2) is 5.26 Å². The lowest BCUT2D eigenvalue weighted by Crippen LogP contribution is -2.03. The SMILES string of the molecule is OOOOOOOOOOOO[O][Al]. The van der Waals surface area contributed by atoms with Gasteiger partial charge in [0.05, 0.1) is 0 Å². The third kappa shape index (κ3) is 12.0. The molecule has 0 aromatic carbocycles. The monoisotopic (exact) mass is 236 g/mol. The molecule has 0 aliphatic rings. The van der Waals surface area contributed by atoms with Crippen molar-refractivity contribution < 1.29 is 64.6 Å². The summed E-state index contributed by atoms with van der Waals surface area (Å²) in [4.78, 5) is 0. The van der Waals surface area contributed by atoms with Gasteiger partial charge in [-0.15, -0.1) is 0 Å². The topological polar surface area (TPSA) is 131 Å². The molecule has 0 fully saturated rings. The lowest BCUT2D eigenvalue weighted by Gasteiger charge is -1.97. The molecule has 0 amide bonds. The Labute approximate surface area is 82.2 Å². The minimum atomic E-state index is 1.65. The van der Waals surface area contributed by atoms with Crippen LogP contribution in [-0.2, 0) is 59.4 Å². The van der Waals surface area contributed by atoms with Crippen LogP contribution in [0.4, 0.5) is 0 Å². The first-order valence-electron chi connectivity index (χ1n) is 2.25. The molecule has 0 saturated carbocycles. The van der Waals surface area contributed by atoms with E-state index < -0.39 is 0 Å². The largest absolute Gasteiger partial charge is 0.441 e. The highest BCUT2D eigenvalue weighted by Crippen LogP contribution is 1.89. The van der Waals surface area contributed by atoms with Gasteiger partial charge in [-0.1, -0.05) is 5.04 Å². The summed E-state index contributed by atoms with van der Waals surface area (Å²) < 4.78 is 3.78. The molecule has 0 aromatic heterocycles. The van der Waals surface area contributed by atoms with Crippen molar-refractivity contribution in [3.63, 3.8) is 0 Å². The predicted octanol–water partition coefficient (Wildman–Crippen LogP) is -1.19. The van der Waals surface area contributed by atoms with E-state index in [2.05, 4.69) is 59.4 Å². The third-order valence-electron chi connectivity index (χ3n) is 0.320. The number of hydrogen-bond donors (Lipinski definition) is 1. The molecule has 0 heterocycles. The van der Waals surface area contributed by atoms with Crippen molar-refractivity contribution >= 4 is 16.6 Å². The summed E-state index contributed by atoms with van der Waals surface area (Å²) in [5.41, 5.74) is 0. The summed E-state index contributed by atoms with van der Waals surface area (Å²) in [5, 5.41) is 44.9. The van der Waals surface area contributed by atoms with E-state index in [1.165, 1.54) is 0 Å². The van der Waals surface area contributed by atoms with Crippen LogP contribution >= 0.6 is 0 Å². The standard InChI is InChI=1S/Al.H2O13/c;1-3-5-7-9-11-13-12-10-8-6-4-2/h;1-2H/q+1;/p-1. The van der Waals surface area contributed by atoms with Crippen molar-refractivity contribution in [1.29, 1.82) is 0 Å². The van der Waals surface area contributed by atoms with Gasteiger partial charge in [-0.05, 0) is 50.4 Å².